The highest BCUT2D eigenvalue weighted by Crippen LogP contribution is 2.25. The number of nitrogens with one attached hydrogen (secondary N) is 1. The zero-order valence-electron chi connectivity index (χ0n) is 11.4. The van der Waals surface area contributed by atoms with Gasteiger partial charge in [0.05, 0.1) is 6.54 Å². The molecule has 2 rings (SSSR count). The van der Waals surface area contributed by atoms with Gasteiger partial charge in [0.1, 0.15) is 10.0 Å². The fourth-order valence-corrected chi connectivity index (χ4v) is 2.49. The smallest absolute Gasteiger partial charge is 0.189 e. The number of rotatable bonds is 5. The van der Waals surface area contributed by atoms with E-state index in [1.807, 2.05) is 0 Å². The number of aromatic nitrogens is 2. The molecule has 3 N–H and O–H groups in total. The molecule has 108 valence electrons. The summed E-state index contributed by atoms with van der Waals surface area (Å²) in [4.78, 5) is 4.29. The van der Waals surface area contributed by atoms with Gasteiger partial charge in [-0.2, -0.15) is 0 Å². The van der Waals surface area contributed by atoms with E-state index in [0.29, 0.717) is 18.4 Å². The van der Waals surface area contributed by atoms with E-state index < -0.39 is 0 Å². The van der Waals surface area contributed by atoms with Crippen molar-refractivity contribution in [1.82, 2.24) is 15.5 Å². The quantitative estimate of drug-likeness (QED) is 0.456. The first-order valence-electron chi connectivity index (χ1n) is 6.51. The fraction of sp³-hybridized carbons (Fsp3) is 0.750. The Labute approximate surface area is 135 Å². The minimum absolute atomic E-state index is 0. The van der Waals surface area contributed by atoms with E-state index in [0.717, 1.165) is 22.5 Å². The molecule has 0 saturated heterocycles. The van der Waals surface area contributed by atoms with E-state index >= 15 is 0 Å². The predicted octanol–water partition coefficient (Wildman–Crippen LogP) is 2.48. The van der Waals surface area contributed by atoms with Gasteiger partial charge in [0.25, 0.3) is 0 Å². The molecule has 19 heavy (non-hydrogen) atoms. The zero-order valence-corrected chi connectivity index (χ0v) is 14.6. The molecule has 0 aliphatic heterocycles. The molecule has 0 amide bonds. The lowest BCUT2D eigenvalue weighted by molar-refractivity contribution is 0.315. The Bertz CT molecular complexity index is 414. The molecule has 7 heteroatoms. The van der Waals surface area contributed by atoms with Crippen LogP contribution in [0.4, 0.5) is 0 Å². The highest BCUT2D eigenvalue weighted by atomic mass is 127. The molecule has 1 aliphatic rings. The largest absolute Gasteiger partial charge is 0.370 e. The van der Waals surface area contributed by atoms with Crippen molar-refractivity contribution in [3.05, 3.63) is 10.0 Å². The van der Waals surface area contributed by atoms with E-state index in [2.05, 4.69) is 34.4 Å². The van der Waals surface area contributed by atoms with Crippen molar-refractivity contribution >= 4 is 41.3 Å². The van der Waals surface area contributed by atoms with Gasteiger partial charge in [-0.25, -0.2) is 4.99 Å². The fourth-order valence-electron chi connectivity index (χ4n) is 1.72. The van der Waals surface area contributed by atoms with Gasteiger partial charge in [-0.1, -0.05) is 31.6 Å². The Balaban J connectivity index is 0.00000180. The van der Waals surface area contributed by atoms with Crippen LogP contribution >= 0.6 is 35.3 Å². The lowest BCUT2D eigenvalue weighted by Crippen LogP contribution is -2.37. The van der Waals surface area contributed by atoms with Crippen molar-refractivity contribution in [2.75, 3.05) is 6.54 Å². The van der Waals surface area contributed by atoms with Crippen LogP contribution in [0, 0.1) is 5.92 Å². The van der Waals surface area contributed by atoms with Crippen molar-refractivity contribution in [2.24, 2.45) is 16.6 Å². The molecule has 0 radical (unpaired) electrons. The Morgan fingerprint density at radius 2 is 2.21 bits per heavy atom. The van der Waals surface area contributed by atoms with Gasteiger partial charge in [-0.15, -0.1) is 34.2 Å². The predicted molar refractivity (Wildman–Crippen MR) is 90.1 cm³/mol. The van der Waals surface area contributed by atoms with Crippen molar-refractivity contribution in [3.63, 3.8) is 0 Å². The van der Waals surface area contributed by atoms with E-state index in [-0.39, 0.29) is 24.0 Å². The van der Waals surface area contributed by atoms with E-state index in [1.54, 1.807) is 11.3 Å². The second-order valence-electron chi connectivity index (χ2n) is 5.07. The minimum atomic E-state index is 0. The van der Waals surface area contributed by atoms with Gasteiger partial charge in [-0.3, -0.25) is 0 Å². The van der Waals surface area contributed by atoms with Gasteiger partial charge in [0.15, 0.2) is 5.96 Å². The second kappa shape index (κ2) is 7.98. The Hall–Kier alpha value is -0.440. The molecule has 0 bridgehead atoms. The lowest BCUT2D eigenvalue weighted by Gasteiger charge is -2.25. The molecule has 1 heterocycles. The summed E-state index contributed by atoms with van der Waals surface area (Å²) in [6.07, 6.45) is 3.98. The lowest BCUT2D eigenvalue weighted by atomic mass is 9.85. The molecule has 5 nitrogen and oxygen atoms in total. The highest BCUT2D eigenvalue weighted by Gasteiger charge is 2.16. The first kappa shape index (κ1) is 16.6. The number of hydrogen-bond donors (Lipinski definition) is 2. The third-order valence-corrected chi connectivity index (χ3v) is 4.37. The highest BCUT2D eigenvalue weighted by molar-refractivity contribution is 14.0. The normalized spacial score (nSPS) is 16.1. The molecule has 1 fully saturated rings. The Morgan fingerprint density at radius 1 is 1.47 bits per heavy atom. The molecule has 0 aromatic carbocycles. The average molecular weight is 395 g/mol. The summed E-state index contributed by atoms with van der Waals surface area (Å²) in [7, 11) is 0. The monoisotopic (exact) mass is 395 g/mol. The molecular formula is C12H22IN5S. The summed E-state index contributed by atoms with van der Waals surface area (Å²) >= 11 is 1.61. The maximum absolute atomic E-state index is 5.81. The van der Waals surface area contributed by atoms with Crippen LogP contribution in [0.1, 0.15) is 49.0 Å². The third kappa shape index (κ3) is 5.21. The van der Waals surface area contributed by atoms with Gasteiger partial charge in [-0.05, 0) is 18.8 Å². The van der Waals surface area contributed by atoms with Crippen LogP contribution in [0.2, 0.25) is 0 Å². The van der Waals surface area contributed by atoms with Crippen LogP contribution in [-0.2, 0) is 6.54 Å². The van der Waals surface area contributed by atoms with Gasteiger partial charge in [0, 0.05) is 12.5 Å². The maximum Gasteiger partial charge on any atom is 0.189 e. The second-order valence-corrected chi connectivity index (χ2v) is 6.16. The molecule has 0 spiro atoms. The molecule has 0 unspecified atom stereocenters. The molecule has 0 atom stereocenters. The summed E-state index contributed by atoms with van der Waals surface area (Å²) < 4.78 is 0. The number of aliphatic imine (C=N–C) groups is 1. The van der Waals surface area contributed by atoms with Crippen LogP contribution in [0.3, 0.4) is 0 Å². The minimum Gasteiger partial charge on any atom is -0.370 e. The first-order chi connectivity index (χ1) is 8.65. The van der Waals surface area contributed by atoms with Crippen LogP contribution in [-0.4, -0.2) is 22.7 Å². The van der Waals surface area contributed by atoms with E-state index in [9.17, 15) is 0 Å². The van der Waals surface area contributed by atoms with Crippen LogP contribution < -0.4 is 11.1 Å². The molecule has 1 aliphatic carbocycles. The third-order valence-electron chi connectivity index (χ3n) is 3.16. The summed E-state index contributed by atoms with van der Waals surface area (Å²) in [5.74, 6) is 1.73. The maximum atomic E-state index is 5.81. The van der Waals surface area contributed by atoms with Gasteiger partial charge in [0.2, 0.25) is 0 Å². The molecule has 1 saturated carbocycles. The van der Waals surface area contributed by atoms with Crippen molar-refractivity contribution in [3.8, 4) is 0 Å². The summed E-state index contributed by atoms with van der Waals surface area (Å²) in [5, 5.41) is 13.4. The summed E-state index contributed by atoms with van der Waals surface area (Å²) in [6, 6.07) is 0. The van der Waals surface area contributed by atoms with Gasteiger partial charge >= 0.3 is 0 Å². The Kier molecular flexibility index (Phi) is 6.98. The van der Waals surface area contributed by atoms with E-state index in [4.69, 9.17) is 5.73 Å². The van der Waals surface area contributed by atoms with Crippen LogP contribution in [0.5, 0.6) is 0 Å². The number of nitrogens with zero attached hydrogens (tertiary/aromatic N) is 3. The topological polar surface area (TPSA) is 76.2 Å². The number of halogens is 1. The standard InChI is InChI=1S/C12H21N5S.HI/c1-8(2)11-17-16-10(18-11)7-15-12(13)14-6-9-4-3-5-9;/h8-9H,3-7H2,1-2H3,(H3,13,14,15);1H. The summed E-state index contributed by atoms with van der Waals surface area (Å²) in [6.45, 7) is 5.70. The van der Waals surface area contributed by atoms with E-state index in [1.165, 1.54) is 19.3 Å². The average Bonchev–Trinajstić information content (AvgIpc) is 2.73. The number of guanidine groups is 1. The zero-order chi connectivity index (χ0) is 13.0. The summed E-state index contributed by atoms with van der Waals surface area (Å²) in [5.41, 5.74) is 5.81. The number of nitrogens with two attached hydrogens (primary N) is 1. The first-order valence-corrected chi connectivity index (χ1v) is 7.33. The molecule has 1 aromatic heterocycles. The Morgan fingerprint density at radius 3 is 2.74 bits per heavy atom. The SMILES string of the molecule is CC(C)c1nnc(CN=C(N)NCC2CCC2)s1.I. The number of hydrogen-bond acceptors (Lipinski definition) is 4. The van der Waals surface area contributed by atoms with Crippen LogP contribution in [0.15, 0.2) is 4.99 Å². The molecule has 1 aromatic rings. The van der Waals surface area contributed by atoms with Crippen molar-refractivity contribution in [2.45, 2.75) is 45.6 Å². The molecular weight excluding hydrogens is 373 g/mol. The van der Waals surface area contributed by atoms with Crippen molar-refractivity contribution < 1.29 is 0 Å². The van der Waals surface area contributed by atoms with Crippen molar-refractivity contribution in [1.29, 1.82) is 0 Å². The van der Waals surface area contributed by atoms with Crippen LogP contribution in [0.25, 0.3) is 0 Å². The van der Waals surface area contributed by atoms with Gasteiger partial charge < -0.3 is 11.1 Å².